The van der Waals surface area contributed by atoms with E-state index in [1.54, 1.807) is 11.8 Å². The van der Waals surface area contributed by atoms with Crippen LogP contribution in [0.5, 0.6) is 5.75 Å². The second-order valence-corrected chi connectivity index (χ2v) is 8.05. The van der Waals surface area contributed by atoms with Gasteiger partial charge in [-0.3, -0.25) is 0 Å². The van der Waals surface area contributed by atoms with Gasteiger partial charge in [-0.05, 0) is 42.3 Å². The second kappa shape index (κ2) is 8.89. The minimum absolute atomic E-state index is 0.255. The molecule has 0 spiro atoms. The fourth-order valence-corrected chi connectivity index (χ4v) is 4.54. The van der Waals surface area contributed by atoms with E-state index in [9.17, 15) is 0 Å². The smallest absolute Gasteiger partial charge is 0.191 e. The fourth-order valence-electron chi connectivity index (χ4n) is 3.35. The van der Waals surface area contributed by atoms with Gasteiger partial charge in [0.2, 0.25) is 0 Å². The second-order valence-electron chi connectivity index (χ2n) is 6.70. The quantitative estimate of drug-likeness (QED) is 0.316. The van der Waals surface area contributed by atoms with Crippen LogP contribution in [0.4, 0.5) is 0 Å². The van der Waals surface area contributed by atoms with E-state index in [0.717, 1.165) is 23.3 Å². The molecule has 1 aromatic heterocycles. The predicted octanol–water partition coefficient (Wildman–Crippen LogP) is 6.54. The molecule has 0 aliphatic rings. The Kier molecular flexibility index (Phi) is 6.07. The predicted molar refractivity (Wildman–Crippen MR) is 120 cm³/mol. The topological polar surface area (TPSA) is 39.9 Å². The first kappa shape index (κ1) is 19.8. The number of hydrogen-bond donors (Lipinski definition) is 0. The summed E-state index contributed by atoms with van der Waals surface area (Å²) < 4.78 is 8.15. The van der Waals surface area contributed by atoms with Crippen LogP contribution in [0.25, 0.3) is 10.8 Å². The molecular weight excluding hydrogens is 402 g/mol. The molecule has 6 heteroatoms. The normalized spacial score (nSPS) is 12.2. The van der Waals surface area contributed by atoms with Crippen LogP contribution in [0.1, 0.15) is 31.3 Å². The monoisotopic (exact) mass is 423 g/mol. The van der Waals surface area contributed by atoms with Gasteiger partial charge < -0.3 is 9.30 Å². The van der Waals surface area contributed by atoms with Crippen molar-refractivity contribution in [2.24, 2.45) is 0 Å². The molecule has 0 saturated heterocycles. The van der Waals surface area contributed by atoms with Crippen molar-refractivity contribution in [3.8, 4) is 5.75 Å². The van der Waals surface area contributed by atoms with Crippen molar-refractivity contribution in [1.29, 1.82) is 0 Å². The molecule has 29 heavy (non-hydrogen) atoms. The average Bonchev–Trinajstić information content (AvgIpc) is 3.17. The molecule has 0 bridgehead atoms. The van der Waals surface area contributed by atoms with E-state index in [0.29, 0.717) is 10.8 Å². The van der Waals surface area contributed by atoms with Crippen LogP contribution in [0.15, 0.2) is 71.9 Å². The maximum atomic E-state index is 6.23. The third kappa shape index (κ3) is 4.26. The summed E-state index contributed by atoms with van der Waals surface area (Å²) in [6, 6.07) is 22.4. The van der Waals surface area contributed by atoms with Gasteiger partial charge in [0.05, 0.1) is 5.02 Å². The summed E-state index contributed by atoms with van der Waals surface area (Å²) in [4.78, 5) is 0. The number of rotatable bonds is 7. The highest BCUT2D eigenvalue weighted by Gasteiger charge is 2.19. The third-order valence-corrected chi connectivity index (χ3v) is 6.13. The molecule has 148 valence electrons. The maximum absolute atomic E-state index is 6.23. The highest BCUT2D eigenvalue weighted by atomic mass is 35.5. The van der Waals surface area contributed by atoms with Gasteiger partial charge in [0.1, 0.15) is 5.75 Å². The number of hydrogen-bond acceptors (Lipinski definition) is 4. The largest absolute Gasteiger partial charge is 0.481 e. The van der Waals surface area contributed by atoms with E-state index >= 15 is 0 Å². The fraction of sp³-hybridized carbons (Fsp3) is 0.217. The molecule has 1 heterocycles. The molecule has 0 amide bonds. The van der Waals surface area contributed by atoms with E-state index < -0.39 is 0 Å². The number of benzene rings is 3. The standard InChI is InChI=1S/C23H22ClN3OS/c1-3-27-22(16(2)28-21-14-7-6-13-20(21)24)25-26-23(27)29-15-18-11-8-10-17-9-4-5-12-19(17)18/h4-14,16H,3,15H2,1-2H3. The van der Waals surface area contributed by atoms with E-state index in [1.165, 1.54) is 16.3 Å². The van der Waals surface area contributed by atoms with Gasteiger partial charge in [-0.15, -0.1) is 10.2 Å². The molecule has 1 atom stereocenters. The first-order valence-electron chi connectivity index (χ1n) is 9.61. The number of nitrogens with zero attached hydrogens (tertiary/aromatic N) is 3. The van der Waals surface area contributed by atoms with Crippen LogP contribution in [0, 0.1) is 0 Å². The summed E-state index contributed by atoms with van der Waals surface area (Å²) in [5.41, 5.74) is 1.29. The van der Waals surface area contributed by atoms with Gasteiger partial charge in [0.25, 0.3) is 0 Å². The number of thioether (sulfide) groups is 1. The number of aromatic nitrogens is 3. The average molecular weight is 424 g/mol. The summed E-state index contributed by atoms with van der Waals surface area (Å²) in [7, 11) is 0. The summed E-state index contributed by atoms with van der Waals surface area (Å²) in [5, 5.41) is 12.9. The molecule has 0 aliphatic carbocycles. The Morgan fingerprint density at radius 2 is 1.76 bits per heavy atom. The molecule has 4 aromatic rings. The number of para-hydroxylation sites is 1. The lowest BCUT2D eigenvalue weighted by molar-refractivity contribution is 0.210. The van der Waals surface area contributed by atoms with Crippen molar-refractivity contribution in [2.45, 2.75) is 37.4 Å². The lowest BCUT2D eigenvalue weighted by Crippen LogP contribution is -2.12. The van der Waals surface area contributed by atoms with Gasteiger partial charge in [-0.25, -0.2) is 0 Å². The molecular formula is C23H22ClN3OS. The van der Waals surface area contributed by atoms with Crippen molar-refractivity contribution in [3.63, 3.8) is 0 Å². The zero-order valence-corrected chi connectivity index (χ0v) is 18.0. The summed E-state index contributed by atoms with van der Waals surface area (Å²) in [5.74, 6) is 2.28. The van der Waals surface area contributed by atoms with E-state index in [-0.39, 0.29) is 6.10 Å². The van der Waals surface area contributed by atoms with Crippen molar-refractivity contribution in [3.05, 3.63) is 83.1 Å². The molecule has 1 unspecified atom stereocenters. The van der Waals surface area contributed by atoms with Crippen LogP contribution in [0.3, 0.4) is 0 Å². The lowest BCUT2D eigenvalue weighted by Gasteiger charge is -2.16. The highest BCUT2D eigenvalue weighted by Crippen LogP contribution is 2.31. The van der Waals surface area contributed by atoms with Crippen molar-refractivity contribution < 1.29 is 4.74 Å². The third-order valence-electron chi connectivity index (χ3n) is 4.80. The van der Waals surface area contributed by atoms with Crippen molar-refractivity contribution >= 4 is 34.1 Å². The molecule has 4 nitrogen and oxygen atoms in total. The first-order valence-corrected chi connectivity index (χ1v) is 11.0. The van der Waals surface area contributed by atoms with Crippen molar-refractivity contribution in [2.75, 3.05) is 0 Å². The molecule has 0 N–H and O–H groups in total. The highest BCUT2D eigenvalue weighted by molar-refractivity contribution is 7.98. The Bertz CT molecular complexity index is 1120. The molecule has 0 radical (unpaired) electrons. The van der Waals surface area contributed by atoms with E-state index in [2.05, 4.69) is 64.2 Å². The Hall–Kier alpha value is -2.50. The molecule has 0 saturated carbocycles. The van der Waals surface area contributed by atoms with Crippen LogP contribution < -0.4 is 4.74 Å². The Balaban J connectivity index is 1.53. The van der Waals surface area contributed by atoms with Gasteiger partial charge >= 0.3 is 0 Å². The first-order chi connectivity index (χ1) is 14.2. The lowest BCUT2D eigenvalue weighted by atomic mass is 10.1. The Labute approximate surface area is 179 Å². The van der Waals surface area contributed by atoms with E-state index in [4.69, 9.17) is 16.3 Å². The molecule has 0 aliphatic heterocycles. The van der Waals surface area contributed by atoms with Crippen LogP contribution in [-0.4, -0.2) is 14.8 Å². The summed E-state index contributed by atoms with van der Waals surface area (Å²) in [6.07, 6.45) is -0.255. The van der Waals surface area contributed by atoms with E-state index in [1.807, 2.05) is 31.2 Å². The van der Waals surface area contributed by atoms with Gasteiger partial charge in [0.15, 0.2) is 17.1 Å². The van der Waals surface area contributed by atoms with Crippen LogP contribution in [-0.2, 0) is 12.3 Å². The maximum Gasteiger partial charge on any atom is 0.191 e. The summed E-state index contributed by atoms with van der Waals surface area (Å²) >= 11 is 7.92. The molecule has 3 aromatic carbocycles. The SMILES string of the molecule is CCn1c(SCc2cccc3ccccc23)nnc1C(C)Oc1ccccc1Cl. The van der Waals surface area contributed by atoms with Crippen molar-refractivity contribution in [1.82, 2.24) is 14.8 Å². The number of fused-ring (bicyclic) bond motifs is 1. The summed E-state index contributed by atoms with van der Waals surface area (Å²) in [6.45, 7) is 4.84. The van der Waals surface area contributed by atoms with Gasteiger partial charge in [-0.1, -0.05) is 78.0 Å². The Morgan fingerprint density at radius 3 is 2.59 bits per heavy atom. The molecule has 0 fully saturated rings. The molecule has 4 rings (SSSR count). The number of ether oxygens (including phenoxy) is 1. The van der Waals surface area contributed by atoms with Gasteiger partial charge in [-0.2, -0.15) is 0 Å². The van der Waals surface area contributed by atoms with Gasteiger partial charge in [0, 0.05) is 12.3 Å². The van der Waals surface area contributed by atoms with Crippen LogP contribution >= 0.6 is 23.4 Å². The minimum Gasteiger partial charge on any atom is -0.481 e. The van der Waals surface area contributed by atoms with Crippen LogP contribution in [0.2, 0.25) is 5.02 Å². The number of halogens is 1. The Morgan fingerprint density at radius 1 is 1.00 bits per heavy atom. The zero-order valence-electron chi connectivity index (χ0n) is 16.4. The zero-order chi connectivity index (χ0) is 20.2. The minimum atomic E-state index is -0.255.